The van der Waals surface area contributed by atoms with Crippen LogP contribution < -0.4 is 21.2 Å². The third-order valence-electron chi connectivity index (χ3n) is 5.14. The molecule has 4 aromatic carbocycles. The van der Waals surface area contributed by atoms with Crippen LogP contribution in [0.15, 0.2) is 48.5 Å². The van der Waals surface area contributed by atoms with Gasteiger partial charge >= 0.3 is 0 Å². The molecule has 0 saturated carbocycles. The molecule has 43 heavy (non-hydrogen) atoms. The molecule has 0 amide bonds. The number of hydrogen-bond donors (Lipinski definition) is 0. The predicted molar refractivity (Wildman–Crippen MR) is 144 cm³/mol. The van der Waals surface area contributed by atoms with Crippen LogP contribution in [0, 0.1) is 69.8 Å². The average Bonchev–Trinajstić information content (AvgIpc) is 2.81. The van der Waals surface area contributed by atoms with Crippen molar-refractivity contribution in [3.8, 4) is 0 Å². The molecule has 0 fully saturated rings. The van der Waals surface area contributed by atoms with Crippen molar-refractivity contribution in [1.29, 1.82) is 0 Å². The Labute approximate surface area is 249 Å². The molecule has 17 heteroatoms. The zero-order valence-electron chi connectivity index (χ0n) is 21.3. The lowest BCUT2D eigenvalue weighted by atomic mass is 10.3. The van der Waals surface area contributed by atoms with E-state index in [0.29, 0.717) is 48.5 Å². The maximum absolute atomic E-state index is 13.9. The zero-order valence-corrected chi connectivity index (χ0v) is 24.6. The summed E-state index contributed by atoms with van der Waals surface area (Å²) in [5.41, 5.74) is 0. The van der Waals surface area contributed by atoms with E-state index in [0.717, 1.165) is 0 Å². The Hall–Kier alpha value is -2.56. The number of nitrogens with zero attached hydrogens (tertiary/aromatic N) is 1. The fourth-order valence-electron chi connectivity index (χ4n) is 3.54. The molecule has 4 aromatic rings. The molecule has 0 saturated heterocycles. The van der Waals surface area contributed by atoms with Crippen molar-refractivity contribution in [3.63, 3.8) is 0 Å². The van der Waals surface area contributed by atoms with Crippen molar-refractivity contribution in [3.05, 3.63) is 118 Å². The van der Waals surface area contributed by atoms with E-state index >= 15 is 0 Å². The number of rotatable bonds is 5. The summed E-state index contributed by atoms with van der Waals surface area (Å²) in [6.07, 6.45) is 0. The standard InChI is InChI=1S/C14H10F6NP.C12H4ClF6P.ClH/c1-21(2)22(13-9(17)3-7(15)4-10(13)18)14-11(19)5-8(16)6-12(14)20;13-20(11-7(16)1-5(14)2-8(11)17)12-9(18)3-6(15)4-10(12)19;/h3-6H,1-2H3;1-4H;1H. The Morgan fingerprint density at radius 1 is 0.419 bits per heavy atom. The van der Waals surface area contributed by atoms with Gasteiger partial charge in [0.05, 0.1) is 28.5 Å². The van der Waals surface area contributed by atoms with Crippen molar-refractivity contribution >= 4 is 60.2 Å². The van der Waals surface area contributed by atoms with Gasteiger partial charge in [-0.3, -0.25) is 4.67 Å². The van der Waals surface area contributed by atoms with Gasteiger partial charge < -0.3 is 0 Å². The number of halogens is 14. The molecule has 1 nitrogen and oxygen atoms in total. The molecule has 0 aliphatic heterocycles. The van der Waals surface area contributed by atoms with Gasteiger partial charge in [0.2, 0.25) is 0 Å². The first-order valence-electron chi connectivity index (χ1n) is 11.0. The second-order valence-electron chi connectivity index (χ2n) is 8.31. The van der Waals surface area contributed by atoms with Gasteiger partial charge in [-0.2, -0.15) is 0 Å². The van der Waals surface area contributed by atoms with Crippen LogP contribution in [-0.2, 0) is 0 Å². The van der Waals surface area contributed by atoms with Gasteiger partial charge in [-0.05, 0) is 14.1 Å². The van der Waals surface area contributed by atoms with Gasteiger partial charge in [0.1, 0.15) is 69.8 Å². The number of hydrogen-bond acceptors (Lipinski definition) is 1. The molecule has 0 N–H and O–H groups in total. The summed E-state index contributed by atoms with van der Waals surface area (Å²) in [7, 11) is -2.24. The summed E-state index contributed by atoms with van der Waals surface area (Å²) in [5.74, 6) is -15.2. The first-order valence-corrected chi connectivity index (χ1v) is 14.6. The third-order valence-corrected chi connectivity index (χ3v) is 10.3. The van der Waals surface area contributed by atoms with Crippen LogP contribution >= 0.6 is 39.0 Å². The fourth-order valence-corrected chi connectivity index (χ4v) is 7.83. The predicted octanol–water partition coefficient (Wildman–Crippen LogP) is 7.96. The van der Waals surface area contributed by atoms with Gasteiger partial charge in [-0.15, -0.1) is 12.4 Å². The molecule has 0 aromatic heterocycles. The van der Waals surface area contributed by atoms with E-state index in [9.17, 15) is 52.7 Å². The van der Waals surface area contributed by atoms with Crippen LogP contribution in [0.3, 0.4) is 0 Å². The van der Waals surface area contributed by atoms with Gasteiger partial charge in [0.15, 0.2) is 0 Å². The highest BCUT2D eigenvalue weighted by Crippen LogP contribution is 2.43. The van der Waals surface area contributed by atoms with Crippen LogP contribution in [0.4, 0.5) is 52.7 Å². The van der Waals surface area contributed by atoms with Crippen molar-refractivity contribution < 1.29 is 52.7 Å². The summed E-state index contributed by atoms with van der Waals surface area (Å²) >= 11 is 5.72. The molecular weight excluding hydrogens is 687 g/mol. The van der Waals surface area contributed by atoms with Crippen LogP contribution in [0.25, 0.3) is 0 Å². The molecule has 0 unspecified atom stereocenters. The summed E-state index contributed by atoms with van der Waals surface area (Å²) in [5, 5.41) is -3.03. The average molecular weight is 702 g/mol. The summed E-state index contributed by atoms with van der Waals surface area (Å²) < 4.78 is 163. The molecule has 0 aliphatic carbocycles. The zero-order chi connectivity index (χ0) is 31.6. The minimum atomic E-state index is -2.64. The Morgan fingerprint density at radius 2 is 0.605 bits per heavy atom. The summed E-state index contributed by atoms with van der Waals surface area (Å²) in [4.78, 5) is 0. The molecule has 0 spiro atoms. The monoisotopic (exact) mass is 701 g/mol. The fraction of sp³-hybridized carbons (Fsp3) is 0.0769. The van der Waals surface area contributed by atoms with Crippen LogP contribution in [-0.4, -0.2) is 18.8 Å². The van der Waals surface area contributed by atoms with Crippen molar-refractivity contribution in [2.24, 2.45) is 0 Å². The normalized spacial score (nSPS) is 11.1. The van der Waals surface area contributed by atoms with E-state index in [1.54, 1.807) is 0 Å². The first-order chi connectivity index (χ1) is 19.5. The first kappa shape index (κ1) is 36.6. The lowest BCUT2D eigenvalue weighted by Gasteiger charge is -2.26. The second-order valence-corrected chi connectivity index (χ2v) is 13.1. The van der Waals surface area contributed by atoms with Crippen molar-refractivity contribution in [2.75, 3.05) is 14.1 Å². The Kier molecular flexibility index (Phi) is 12.7. The summed E-state index contributed by atoms with van der Waals surface area (Å²) in [6, 6.07) is 3.08. The SMILES string of the molecule is CN(C)P(c1c(F)cc(F)cc1F)c1c(F)cc(F)cc1F.Cl.Fc1cc(F)c(P(Cl)c2c(F)cc(F)cc2F)c(F)c1. The quantitative estimate of drug-likeness (QED) is 0.151. The van der Waals surface area contributed by atoms with E-state index in [1.165, 1.54) is 18.8 Å². The minimum absolute atomic E-state index is 0. The van der Waals surface area contributed by atoms with Crippen LogP contribution in [0.2, 0.25) is 0 Å². The molecular formula is C26H15Cl2F12NP2. The van der Waals surface area contributed by atoms with E-state index in [-0.39, 0.29) is 12.4 Å². The smallest absolute Gasteiger partial charge is 0.138 e. The Bertz CT molecular complexity index is 1430. The van der Waals surface area contributed by atoms with E-state index in [4.69, 9.17) is 11.2 Å². The van der Waals surface area contributed by atoms with E-state index in [1.807, 2.05) is 0 Å². The van der Waals surface area contributed by atoms with Gasteiger partial charge in [0, 0.05) is 56.6 Å². The Morgan fingerprint density at radius 3 is 0.791 bits per heavy atom. The minimum Gasteiger partial charge on any atom is -0.281 e. The maximum Gasteiger partial charge on any atom is 0.138 e. The molecule has 0 bridgehead atoms. The maximum atomic E-state index is 13.9. The lowest BCUT2D eigenvalue weighted by Crippen LogP contribution is -2.30. The summed E-state index contributed by atoms with van der Waals surface area (Å²) in [6.45, 7) is 0. The largest absolute Gasteiger partial charge is 0.281 e. The Balaban J connectivity index is 0.000000295. The lowest BCUT2D eigenvalue weighted by molar-refractivity contribution is 0.547. The van der Waals surface area contributed by atoms with Crippen LogP contribution in [0.1, 0.15) is 0 Å². The van der Waals surface area contributed by atoms with Crippen LogP contribution in [0.5, 0.6) is 0 Å². The molecule has 0 atom stereocenters. The van der Waals surface area contributed by atoms with Gasteiger partial charge in [-0.25, -0.2) is 52.7 Å². The van der Waals surface area contributed by atoms with Crippen molar-refractivity contribution in [1.82, 2.24) is 4.67 Å². The van der Waals surface area contributed by atoms with E-state index < -0.39 is 106 Å². The highest BCUT2D eigenvalue weighted by molar-refractivity contribution is 7.95. The highest BCUT2D eigenvalue weighted by atomic mass is 35.7. The number of benzene rings is 4. The molecule has 0 heterocycles. The molecule has 232 valence electrons. The van der Waals surface area contributed by atoms with E-state index in [2.05, 4.69) is 0 Å². The second kappa shape index (κ2) is 14.9. The van der Waals surface area contributed by atoms with Gasteiger partial charge in [0.25, 0.3) is 0 Å². The van der Waals surface area contributed by atoms with Crippen molar-refractivity contribution in [2.45, 2.75) is 0 Å². The molecule has 4 rings (SSSR count). The third kappa shape index (κ3) is 8.34. The highest BCUT2D eigenvalue weighted by Gasteiger charge is 2.31. The molecule has 0 aliphatic rings. The topological polar surface area (TPSA) is 3.24 Å². The van der Waals surface area contributed by atoms with Gasteiger partial charge in [-0.1, -0.05) is 11.2 Å². The molecule has 0 radical (unpaired) electrons.